The third-order valence-corrected chi connectivity index (χ3v) is 3.36. The third-order valence-electron chi connectivity index (χ3n) is 3.36. The van der Waals surface area contributed by atoms with Gasteiger partial charge in [-0.3, -0.25) is 0 Å². The molecule has 0 aromatic heterocycles. The van der Waals surface area contributed by atoms with E-state index in [1.165, 1.54) is 26.8 Å². The molecule has 0 N–H and O–H groups in total. The summed E-state index contributed by atoms with van der Waals surface area (Å²) in [4.78, 5) is 34.3. The lowest BCUT2D eigenvalue weighted by molar-refractivity contribution is -0.152. The number of rotatable bonds is 13. The second-order valence-corrected chi connectivity index (χ2v) is 6.44. The number of benzene rings is 1. The molecule has 9 heteroatoms. The molecule has 0 heterocycles. The van der Waals surface area contributed by atoms with Crippen LogP contribution < -0.4 is 9.47 Å². The Hall–Kier alpha value is -3.59. The van der Waals surface area contributed by atoms with E-state index in [0.717, 1.165) is 0 Å². The third kappa shape index (κ3) is 10.1. The van der Waals surface area contributed by atoms with Crippen LogP contribution in [0.1, 0.15) is 26.3 Å². The van der Waals surface area contributed by atoms with Crippen molar-refractivity contribution < 1.29 is 42.8 Å². The summed E-state index contributed by atoms with van der Waals surface area (Å²) in [6.07, 6.45) is 0. The Labute approximate surface area is 180 Å². The topological polar surface area (TPSA) is 107 Å². The van der Waals surface area contributed by atoms with E-state index in [2.05, 4.69) is 19.7 Å². The first-order valence-corrected chi connectivity index (χ1v) is 9.05. The summed E-state index contributed by atoms with van der Waals surface area (Å²) < 4.78 is 30.8. The fourth-order valence-electron chi connectivity index (χ4n) is 1.81. The van der Waals surface area contributed by atoms with Crippen molar-refractivity contribution in [1.29, 1.82) is 0 Å². The summed E-state index contributed by atoms with van der Waals surface area (Å²) in [6, 6.07) is 4.73. The number of carbonyl (C=O) groups is 3. The number of ether oxygens (including phenoxy) is 6. The Morgan fingerprint density at radius 1 is 0.677 bits per heavy atom. The monoisotopic (exact) mass is 434 g/mol. The van der Waals surface area contributed by atoms with Gasteiger partial charge in [0.1, 0.15) is 11.5 Å². The summed E-state index contributed by atoms with van der Waals surface area (Å²) in [5.74, 6) is -1.16. The Kier molecular flexibility index (Phi) is 10.6. The number of hydrogen-bond acceptors (Lipinski definition) is 9. The molecule has 0 radical (unpaired) electrons. The summed E-state index contributed by atoms with van der Waals surface area (Å²) in [7, 11) is 0. The highest BCUT2D eigenvalue weighted by Crippen LogP contribution is 2.24. The summed E-state index contributed by atoms with van der Waals surface area (Å²) >= 11 is 0. The highest BCUT2D eigenvalue weighted by molar-refractivity contribution is 5.87. The van der Waals surface area contributed by atoms with Crippen molar-refractivity contribution in [3.8, 4) is 11.5 Å². The largest absolute Gasteiger partial charge is 0.457 e. The molecule has 0 bridgehead atoms. The molecule has 0 atom stereocenters. The molecule has 1 aromatic rings. The Balaban J connectivity index is 2.75. The minimum Gasteiger partial charge on any atom is -0.457 e. The van der Waals surface area contributed by atoms with Crippen molar-refractivity contribution in [1.82, 2.24) is 0 Å². The first kappa shape index (κ1) is 25.4. The predicted octanol–water partition coefficient (Wildman–Crippen LogP) is 3.19. The van der Waals surface area contributed by atoms with Crippen LogP contribution >= 0.6 is 0 Å². The predicted molar refractivity (Wildman–Crippen MR) is 110 cm³/mol. The molecular weight excluding hydrogens is 408 g/mol. The van der Waals surface area contributed by atoms with Gasteiger partial charge < -0.3 is 28.4 Å². The highest BCUT2D eigenvalue weighted by Gasteiger charge is 2.09. The zero-order valence-electron chi connectivity index (χ0n) is 17.9. The van der Waals surface area contributed by atoms with Crippen LogP contribution in [-0.2, 0) is 39.9 Å². The van der Waals surface area contributed by atoms with Crippen LogP contribution in [0.5, 0.6) is 11.5 Å². The second-order valence-electron chi connectivity index (χ2n) is 6.44. The molecule has 0 aliphatic rings. The van der Waals surface area contributed by atoms with Gasteiger partial charge in [0.15, 0.2) is 6.79 Å². The maximum Gasteiger partial charge on any atom is 0.335 e. The Morgan fingerprint density at radius 3 is 1.45 bits per heavy atom. The van der Waals surface area contributed by atoms with Crippen molar-refractivity contribution >= 4 is 17.9 Å². The molecule has 0 fully saturated rings. The summed E-state index contributed by atoms with van der Waals surface area (Å²) in [5.41, 5.74) is 1.32. The van der Waals surface area contributed by atoms with Gasteiger partial charge in [-0.15, -0.1) is 0 Å². The van der Waals surface area contributed by atoms with Gasteiger partial charge in [-0.1, -0.05) is 19.7 Å². The second kappa shape index (κ2) is 12.9. The Bertz CT molecular complexity index is 804. The van der Waals surface area contributed by atoms with Gasteiger partial charge in [-0.05, 0) is 38.5 Å². The minimum atomic E-state index is -0.595. The molecule has 0 spiro atoms. The fraction of sp³-hybridized carbons (Fsp3) is 0.318. The average molecular weight is 434 g/mol. The van der Waals surface area contributed by atoms with Crippen molar-refractivity contribution in [2.45, 2.75) is 27.4 Å². The van der Waals surface area contributed by atoms with Crippen LogP contribution in [0.25, 0.3) is 0 Å². The van der Waals surface area contributed by atoms with Crippen LogP contribution in [0, 0.1) is 0 Å². The fourth-order valence-corrected chi connectivity index (χ4v) is 1.81. The molecule has 1 aromatic carbocycles. The molecule has 0 amide bonds. The van der Waals surface area contributed by atoms with E-state index in [9.17, 15) is 14.4 Å². The van der Waals surface area contributed by atoms with Crippen molar-refractivity contribution in [3.05, 3.63) is 60.2 Å². The average Bonchev–Trinajstić information content (AvgIpc) is 2.70. The van der Waals surface area contributed by atoms with Gasteiger partial charge in [0.05, 0.1) is 6.61 Å². The molecule has 0 unspecified atom stereocenters. The van der Waals surface area contributed by atoms with Crippen LogP contribution in [0.4, 0.5) is 0 Å². The lowest BCUT2D eigenvalue weighted by atomic mass is 10.2. The van der Waals surface area contributed by atoms with Crippen LogP contribution in [0.2, 0.25) is 0 Å². The SMILES string of the molecule is C=C(C)C(=O)OCOCc1cc(OCOC(=O)C(=C)C)cc(OCOC(=O)C(=C)C)c1. The van der Waals surface area contributed by atoms with E-state index in [-0.39, 0.29) is 43.7 Å². The van der Waals surface area contributed by atoms with Gasteiger partial charge in [0, 0.05) is 22.8 Å². The number of hydrogen-bond donors (Lipinski definition) is 0. The molecule has 1 rings (SSSR count). The van der Waals surface area contributed by atoms with Crippen molar-refractivity contribution in [2.24, 2.45) is 0 Å². The van der Waals surface area contributed by atoms with Gasteiger partial charge in [0.25, 0.3) is 0 Å². The van der Waals surface area contributed by atoms with Gasteiger partial charge >= 0.3 is 17.9 Å². The molecule has 9 nitrogen and oxygen atoms in total. The number of carbonyl (C=O) groups excluding carboxylic acids is 3. The van der Waals surface area contributed by atoms with E-state index in [1.807, 2.05) is 0 Å². The van der Waals surface area contributed by atoms with Gasteiger partial charge in [0.2, 0.25) is 13.6 Å². The molecule has 0 saturated carbocycles. The Morgan fingerprint density at radius 2 is 1.06 bits per heavy atom. The first-order chi connectivity index (χ1) is 14.6. The standard InChI is InChI=1S/C22H26O9/c1-14(2)20(23)29-11-26-10-17-7-18(27-12-30-21(24)15(3)4)9-19(8-17)28-13-31-22(25)16(5)6/h7-9H,1,3,5,10-13H2,2,4,6H3. The van der Waals surface area contributed by atoms with Crippen LogP contribution in [-0.4, -0.2) is 38.3 Å². The van der Waals surface area contributed by atoms with Crippen molar-refractivity contribution in [3.63, 3.8) is 0 Å². The normalized spacial score (nSPS) is 9.90. The maximum atomic E-state index is 11.5. The molecular formula is C22H26O9. The van der Waals surface area contributed by atoms with E-state index in [4.69, 9.17) is 28.4 Å². The quantitative estimate of drug-likeness (QED) is 0.152. The van der Waals surface area contributed by atoms with Gasteiger partial charge in [-0.25, -0.2) is 14.4 Å². The summed E-state index contributed by atoms with van der Waals surface area (Å²) in [5, 5.41) is 0. The lowest BCUT2D eigenvalue weighted by Crippen LogP contribution is -2.12. The van der Waals surface area contributed by atoms with Crippen molar-refractivity contribution in [2.75, 3.05) is 20.4 Å². The van der Waals surface area contributed by atoms with Crippen LogP contribution in [0.15, 0.2) is 54.7 Å². The molecule has 0 aliphatic heterocycles. The summed E-state index contributed by atoms with van der Waals surface area (Å²) in [6.45, 7) is 14.0. The minimum absolute atomic E-state index is 0.0497. The van der Waals surface area contributed by atoms with Crippen LogP contribution in [0.3, 0.4) is 0 Å². The molecule has 0 aliphatic carbocycles. The smallest absolute Gasteiger partial charge is 0.335 e. The number of esters is 3. The van der Waals surface area contributed by atoms with E-state index in [0.29, 0.717) is 17.1 Å². The molecule has 31 heavy (non-hydrogen) atoms. The lowest BCUT2D eigenvalue weighted by Gasteiger charge is -2.13. The first-order valence-electron chi connectivity index (χ1n) is 9.05. The van der Waals surface area contributed by atoms with E-state index >= 15 is 0 Å². The zero-order chi connectivity index (χ0) is 23.4. The zero-order valence-corrected chi connectivity index (χ0v) is 17.9. The molecule has 168 valence electrons. The van der Waals surface area contributed by atoms with E-state index < -0.39 is 17.9 Å². The maximum absolute atomic E-state index is 11.5. The van der Waals surface area contributed by atoms with E-state index in [1.54, 1.807) is 12.1 Å². The van der Waals surface area contributed by atoms with Gasteiger partial charge in [-0.2, -0.15) is 0 Å². The molecule has 0 saturated heterocycles. The highest BCUT2D eigenvalue weighted by atomic mass is 16.7.